The number of carbonyl (C=O) groups is 1. The van der Waals surface area contributed by atoms with Crippen molar-refractivity contribution < 1.29 is 18.0 Å². The minimum atomic E-state index is -4.74. The monoisotopic (exact) mass is 250 g/mol. The Bertz CT molecular complexity index is 283. The standard InChI is InChI=1S/C11H17F3N2O/c12-11(13,14)10(17)16(9-4-5-9)7-8-3-1-2-6-15-8/h8-9,15H,1-7H2. The predicted octanol–water partition coefficient (Wildman–Crippen LogP) is 1.68. The molecule has 1 N–H and O–H groups in total. The maximum Gasteiger partial charge on any atom is 0.471 e. The molecule has 1 aliphatic heterocycles. The highest BCUT2D eigenvalue weighted by molar-refractivity contribution is 5.82. The van der Waals surface area contributed by atoms with Crippen LogP contribution in [-0.2, 0) is 4.79 Å². The highest BCUT2D eigenvalue weighted by atomic mass is 19.4. The second-order valence-corrected chi connectivity index (χ2v) is 4.83. The zero-order chi connectivity index (χ0) is 12.5. The van der Waals surface area contributed by atoms with Crippen LogP contribution < -0.4 is 5.32 Å². The average molecular weight is 250 g/mol. The largest absolute Gasteiger partial charge is 0.471 e. The summed E-state index contributed by atoms with van der Waals surface area (Å²) in [5, 5.41) is 3.18. The zero-order valence-corrected chi connectivity index (χ0v) is 9.59. The molecule has 1 saturated heterocycles. The Kier molecular flexibility index (Phi) is 3.61. The number of nitrogens with zero attached hydrogens (tertiary/aromatic N) is 1. The molecule has 0 spiro atoms. The summed E-state index contributed by atoms with van der Waals surface area (Å²) in [6.45, 7) is 1.03. The fourth-order valence-corrected chi connectivity index (χ4v) is 2.26. The molecule has 1 amide bonds. The van der Waals surface area contributed by atoms with Gasteiger partial charge in [0.05, 0.1) is 0 Å². The van der Waals surface area contributed by atoms with Crippen LogP contribution in [0, 0.1) is 0 Å². The van der Waals surface area contributed by atoms with Gasteiger partial charge in [0.15, 0.2) is 0 Å². The SMILES string of the molecule is O=C(N(CC1CCCCN1)C1CC1)C(F)(F)F. The van der Waals surface area contributed by atoms with Gasteiger partial charge in [0.25, 0.3) is 0 Å². The van der Waals surface area contributed by atoms with Gasteiger partial charge in [-0.15, -0.1) is 0 Å². The van der Waals surface area contributed by atoms with E-state index >= 15 is 0 Å². The normalized spacial score (nSPS) is 25.7. The number of carbonyl (C=O) groups excluding carboxylic acids is 1. The van der Waals surface area contributed by atoms with Gasteiger partial charge in [0.1, 0.15) is 0 Å². The van der Waals surface area contributed by atoms with Crippen LogP contribution in [0.25, 0.3) is 0 Å². The number of halogens is 3. The first-order valence-electron chi connectivity index (χ1n) is 6.09. The zero-order valence-electron chi connectivity index (χ0n) is 9.59. The molecule has 6 heteroatoms. The van der Waals surface area contributed by atoms with Crippen molar-refractivity contribution in [2.24, 2.45) is 0 Å². The maximum atomic E-state index is 12.4. The van der Waals surface area contributed by atoms with E-state index in [1.54, 1.807) is 0 Å². The molecular weight excluding hydrogens is 233 g/mol. The van der Waals surface area contributed by atoms with Gasteiger partial charge >= 0.3 is 12.1 Å². The molecule has 0 aromatic carbocycles. The third-order valence-electron chi connectivity index (χ3n) is 3.32. The number of amides is 1. The third-order valence-corrected chi connectivity index (χ3v) is 3.32. The summed E-state index contributed by atoms with van der Waals surface area (Å²) >= 11 is 0. The van der Waals surface area contributed by atoms with Gasteiger partial charge in [-0.05, 0) is 32.2 Å². The lowest BCUT2D eigenvalue weighted by atomic mass is 10.0. The van der Waals surface area contributed by atoms with Crippen molar-refractivity contribution in [3.63, 3.8) is 0 Å². The van der Waals surface area contributed by atoms with Crippen LogP contribution in [0.5, 0.6) is 0 Å². The van der Waals surface area contributed by atoms with E-state index in [9.17, 15) is 18.0 Å². The van der Waals surface area contributed by atoms with Crippen molar-refractivity contribution in [3.8, 4) is 0 Å². The fourth-order valence-electron chi connectivity index (χ4n) is 2.26. The van der Waals surface area contributed by atoms with Gasteiger partial charge in [-0.3, -0.25) is 4.79 Å². The molecule has 1 saturated carbocycles. The van der Waals surface area contributed by atoms with Crippen molar-refractivity contribution in [3.05, 3.63) is 0 Å². The molecular formula is C11H17F3N2O. The minimum absolute atomic E-state index is 0.0237. The lowest BCUT2D eigenvalue weighted by Crippen LogP contribution is -2.50. The molecule has 2 rings (SSSR count). The van der Waals surface area contributed by atoms with Crippen molar-refractivity contribution in [2.75, 3.05) is 13.1 Å². The van der Waals surface area contributed by atoms with Crippen LogP contribution in [0.3, 0.4) is 0 Å². The number of alkyl halides is 3. The summed E-state index contributed by atoms with van der Waals surface area (Å²) in [4.78, 5) is 12.3. The smallest absolute Gasteiger partial charge is 0.330 e. The van der Waals surface area contributed by atoms with Gasteiger partial charge in [-0.1, -0.05) is 6.42 Å². The molecule has 1 aliphatic carbocycles. The van der Waals surface area contributed by atoms with Gasteiger partial charge in [-0.2, -0.15) is 13.2 Å². The quantitative estimate of drug-likeness (QED) is 0.826. The Morgan fingerprint density at radius 2 is 1.94 bits per heavy atom. The lowest BCUT2D eigenvalue weighted by Gasteiger charge is -2.31. The minimum Gasteiger partial charge on any atom is -0.330 e. The topological polar surface area (TPSA) is 32.3 Å². The van der Waals surface area contributed by atoms with Crippen LogP contribution in [-0.4, -0.2) is 42.2 Å². The lowest BCUT2D eigenvalue weighted by molar-refractivity contribution is -0.186. The van der Waals surface area contributed by atoms with Gasteiger partial charge < -0.3 is 10.2 Å². The number of hydrogen-bond acceptors (Lipinski definition) is 2. The van der Waals surface area contributed by atoms with Gasteiger partial charge in [0.2, 0.25) is 0 Å². The maximum absolute atomic E-state index is 12.4. The Hall–Kier alpha value is -0.780. The number of nitrogens with one attached hydrogen (secondary N) is 1. The molecule has 0 bridgehead atoms. The van der Waals surface area contributed by atoms with E-state index in [1.807, 2.05) is 0 Å². The first-order chi connectivity index (χ1) is 7.98. The fraction of sp³-hybridized carbons (Fsp3) is 0.909. The second-order valence-electron chi connectivity index (χ2n) is 4.83. The summed E-state index contributed by atoms with van der Waals surface area (Å²) in [6.07, 6.45) is -0.391. The number of rotatable bonds is 3. The van der Waals surface area contributed by atoms with E-state index in [2.05, 4.69) is 5.32 Å². The van der Waals surface area contributed by atoms with Crippen LogP contribution in [0.2, 0.25) is 0 Å². The van der Waals surface area contributed by atoms with Crippen LogP contribution >= 0.6 is 0 Å². The molecule has 2 fully saturated rings. The van der Waals surface area contributed by atoms with Crippen molar-refractivity contribution in [1.82, 2.24) is 10.2 Å². The van der Waals surface area contributed by atoms with E-state index in [1.165, 1.54) is 0 Å². The molecule has 1 heterocycles. The van der Waals surface area contributed by atoms with E-state index in [0.717, 1.165) is 30.7 Å². The summed E-state index contributed by atoms with van der Waals surface area (Å²) in [5.74, 6) is -1.67. The highest BCUT2D eigenvalue weighted by Gasteiger charge is 2.47. The van der Waals surface area contributed by atoms with Gasteiger partial charge in [0, 0.05) is 18.6 Å². The van der Waals surface area contributed by atoms with Crippen molar-refractivity contribution in [2.45, 2.75) is 50.4 Å². The Morgan fingerprint density at radius 3 is 2.41 bits per heavy atom. The number of hydrogen-bond donors (Lipinski definition) is 1. The highest BCUT2D eigenvalue weighted by Crippen LogP contribution is 2.31. The Balaban J connectivity index is 1.95. The molecule has 1 unspecified atom stereocenters. The first kappa shape index (κ1) is 12.7. The molecule has 3 nitrogen and oxygen atoms in total. The Labute approximate surface area is 98.3 Å². The molecule has 0 aromatic heterocycles. The van der Waals surface area contributed by atoms with Gasteiger partial charge in [-0.25, -0.2) is 0 Å². The van der Waals surface area contributed by atoms with Crippen molar-refractivity contribution in [1.29, 1.82) is 0 Å². The molecule has 1 atom stereocenters. The van der Waals surface area contributed by atoms with Crippen LogP contribution in [0.1, 0.15) is 32.1 Å². The van der Waals surface area contributed by atoms with E-state index in [4.69, 9.17) is 0 Å². The molecule has 98 valence electrons. The molecule has 2 aliphatic rings. The first-order valence-corrected chi connectivity index (χ1v) is 6.09. The van der Waals surface area contributed by atoms with E-state index in [0.29, 0.717) is 12.8 Å². The van der Waals surface area contributed by atoms with Crippen molar-refractivity contribution >= 4 is 5.91 Å². The average Bonchev–Trinajstić information content (AvgIpc) is 3.09. The predicted molar refractivity (Wildman–Crippen MR) is 56.4 cm³/mol. The summed E-state index contributed by atoms with van der Waals surface area (Å²) in [7, 11) is 0. The Morgan fingerprint density at radius 1 is 1.24 bits per heavy atom. The molecule has 0 aromatic rings. The molecule has 0 radical (unpaired) electrons. The van der Waals surface area contributed by atoms with E-state index in [-0.39, 0.29) is 18.6 Å². The van der Waals surface area contributed by atoms with Crippen LogP contribution in [0.4, 0.5) is 13.2 Å². The third kappa shape index (κ3) is 3.34. The second kappa shape index (κ2) is 4.84. The van der Waals surface area contributed by atoms with E-state index < -0.39 is 12.1 Å². The van der Waals surface area contributed by atoms with Crippen LogP contribution in [0.15, 0.2) is 0 Å². The summed E-state index contributed by atoms with van der Waals surface area (Å²) < 4.78 is 37.3. The number of piperidine rings is 1. The molecule has 17 heavy (non-hydrogen) atoms. The summed E-state index contributed by atoms with van der Waals surface area (Å²) in [5.41, 5.74) is 0. The summed E-state index contributed by atoms with van der Waals surface area (Å²) in [6, 6.07) is -0.163.